The number of benzene rings is 2. The summed E-state index contributed by atoms with van der Waals surface area (Å²) >= 11 is 0. The SMILES string of the molecule is CNCC(Nc1nc(C)nc2c(C(N)O)cccc12)c1cc(F)c(F)cc1F. The Morgan fingerprint density at radius 3 is 2.46 bits per heavy atom. The number of fused-ring (bicyclic) bond motifs is 1. The number of hydrogen-bond donors (Lipinski definition) is 4. The molecular weight excluding hydrogens is 371 g/mol. The normalized spacial score (nSPS) is 13.5. The third-order valence-electron chi connectivity index (χ3n) is 4.32. The van der Waals surface area contributed by atoms with Gasteiger partial charge in [-0.25, -0.2) is 23.1 Å². The Bertz CT molecular complexity index is 1010. The number of likely N-dealkylation sites (N-methyl/N-ethyl adjacent to an activating group) is 1. The highest BCUT2D eigenvalue weighted by atomic mass is 19.2. The van der Waals surface area contributed by atoms with Crippen LogP contribution in [0, 0.1) is 24.4 Å². The van der Waals surface area contributed by atoms with E-state index in [1.165, 1.54) is 0 Å². The molecule has 3 rings (SSSR count). The molecule has 148 valence electrons. The number of para-hydroxylation sites is 1. The molecule has 1 heterocycles. The Labute approximate surface area is 159 Å². The van der Waals surface area contributed by atoms with Gasteiger partial charge in [-0.05, 0) is 26.1 Å². The molecule has 0 bridgehead atoms. The topological polar surface area (TPSA) is 96.1 Å². The first-order valence-electron chi connectivity index (χ1n) is 8.58. The molecule has 0 saturated heterocycles. The van der Waals surface area contributed by atoms with E-state index >= 15 is 0 Å². The first kappa shape index (κ1) is 20.0. The molecule has 1 aromatic heterocycles. The Balaban J connectivity index is 2.11. The standard InChI is InChI=1S/C19H20F3N5O/c1-9-25-17-10(18(23)28)4-3-5-11(17)19(26-9)27-16(8-24-2)12-6-14(21)15(22)7-13(12)20/h3-7,16,18,24,28H,8,23H2,1-2H3,(H,25,26,27). The number of nitrogens with one attached hydrogen (secondary N) is 2. The van der Waals surface area contributed by atoms with Crippen LogP contribution in [0.4, 0.5) is 19.0 Å². The summed E-state index contributed by atoms with van der Waals surface area (Å²) in [6.07, 6.45) is -1.23. The molecule has 0 spiro atoms. The van der Waals surface area contributed by atoms with Gasteiger partial charge in [-0.3, -0.25) is 0 Å². The number of anilines is 1. The van der Waals surface area contributed by atoms with Crippen LogP contribution in [0.5, 0.6) is 0 Å². The number of hydrogen-bond acceptors (Lipinski definition) is 6. The van der Waals surface area contributed by atoms with E-state index in [1.807, 2.05) is 0 Å². The van der Waals surface area contributed by atoms with Crippen LogP contribution in [-0.4, -0.2) is 28.7 Å². The second-order valence-corrected chi connectivity index (χ2v) is 6.35. The van der Waals surface area contributed by atoms with E-state index in [2.05, 4.69) is 20.6 Å². The van der Waals surface area contributed by atoms with Crippen LogP contribution in [0.1, 0.15) is 29.2 Å². The van der Waals surface area contributed by atoms with Crippen molar-refractivity contribution in [3.8, 4) is 0 Å². The van der Waals surface area contributed by atoms with Crippen molar-refractivity contribution in [1.29, 1.82) is 0 Å². The van der Waals surface area contributed by atoms with Crippen molar-refractivity contribution in [2.45, 2.75) is 19.2 Å². The van der Waals surface area contributed by atoms with Gasteiger partial charge in [0.25, 0.3) is 0 Å². The van der Waals surface area contributed by atoms with Crippen molar-refractivity contribution in [2.24, 2.45) is 5.73 Å². The number of aromatic nitrogens is 2. The highest BCUT2D eigenvalue weighted by Gasteiger charge is 2.21. The van der Waals surface area contributed by atoms with Crippen molar-refractivity contribution in [1.82, 2.24) is 15.3 Å². The monoisotopic (exact) mass is 391 g/mol. The number of aliphatic hydroxyl groups is 1. The Hall–Kier alpha value is -2.75. The summed E-state index contributed by atoms with van der Waals surface area (Å²) in [7, 11) is 1.65. The number of aryl methyl sites for hydroxylation is 1. The highest BCUT2D eigenvalue weighted by Crippen LogP contribution is 2.29. The van der Waals surface area contributed by atoms with Crippen LogP contribution in [0.2, 0.25) is 0 Å². The van der Waals surface area contributed by atoms with Crippen LogP contribution in [0.25, 0.3) is 10.9 Å². The van der Waals surface area contributed by atoms with Gasteiger partial charge >= 0.3 is 0 Å². The summed E-state index contributed by atoms with van der Waals surface area (Å²) in [5.74, 6) is -2.52. The number of rotatable bonds is 6. The molecule has 9 heteroatoms. The molecule has 0 aliphatic carbocycles. The average Bonchev–Trinajstić information content (AvgIpc) is 2.63. The van der Waals surface area contributed by atoms with Crippen molar-refractivity contribution < 1.29 is 18.3 Å². The molecule has 2 atom stereocenters. The molecule has 28 heavy (non-hydrogen) atoms. The minimum absolute atomic E-state index is 0.0484. The van der Waals surface area contributed by atoms with Crippen molar-refractivity contribution in [3.05, 3.63) is 64.7 Å². The second-order valence-electron chi connectivity index (χ2n) is 6.35. The van der Waals surface area contributed by atoms with E-state index in [9.17, 15) is 18.3 Å². The highest BCUT2D eigenvalue weighted by molar-refractivity contribution is 5.91. The molecule has 0 fully saturated rings. The van der Waals surface area contributed by atoms with Gasteiger partial charge in [0.1, 0.15) is 23.7 Å². The molecule has 0 amide bonds. The number of aliphatic hydroxyl groups excluding tert-OH is 1. The first-order valence-corrected chi connectivity index (χ1v) is 8.58. The largest absolute Gasteiger partial charge is 0.374 e. The minimum atomic E-state index is -1.26. The third-order valence-corrected chi connectivity index (χ3v) is 4.32. The minimum Gasteiger partial charge on any atom is -0.374 e. The lowest BCUT2D eigenvalue weighted by Gasteiger charge is -2.22. The van der Waals surface area contributed by atoms with E-state index in [0.29, 0.717) is 34.2 Å². The van der Waals surface area contributed by atoms with Gasteiger partial charge in [-0.2, -0.15) is 0 Å². The number of nitrogens with two attached hydrogens (primary N) is 1. The summed E-state index contributed by atoms with van der Waals surface area (Å²) in [6.45, 7) is 1.88. The maximum absolute atomic E-state index is 14.3. The lowest BCUT2D eigenvalue weighted by Crippen LogP contribution is -2.25. The molecule has 2 aromatic carbocycles. The first-order chi connectivity index (χ1) is 13.3. The zero-order chi connectivity index (χ0) is 20.4. The van der Waals surface area contributed by atoms with E-state index in [0.717, 1.165) is 6.07 Å². The predicted molar refractivity (Wildman–Crippen MR) is 100 cm³/mol. The van der Waals surface area contributed by atoms with Gasteiger partial charge in [0.15, 0.2) is 11.6 Å². The zero-order valence-corrected chi connectivity index (χ0v) is 15.3. The molecule has 6 nitrogen and oxygen atoms in total. The van der Waals surface area contributed by atoms with Crippen LogP contribution < -0.4 is 16.4 Å². The molecule has 0 radical (unpaired) electrons. The van der Waals surface area contributed by atoms with Gasteiger partial charge in [0, 0.05) is 29.1 Å². The van der Waals surface area contributed by atoms with Gasteiger partial charge in [-0.1, -0.05) is 12.1 Å². The summed E-state index contributed by atoms with van der Waals surface area (Å²) in [5.41, 5.74) is 6.42. The van der Waals surface area contributed by atoms with Gasteiger partial charge in [0.05, 0.1) is 11.6 Å². The van der Waals surface area contributed by atoms with Crippen LogP contribution >= 0.6 is 0 Å². The van der Waals surface area contributed by atoms with Gasteiger partial charge < -0.3 is 21.5 Å². The molecule has 0 aliphatic rings. The Morgan fingerprint density at radius 2 is 1.79 bits per heavy atom. The van der Waals surface area contributed by atoms with Crippen LogP contribution in [0.3, 0.4) is 0 Å². The summed E-state index contributed by atoms with van der Waals surface area (Å²) < 4.78 is 41.3. The summed E-state index contributed by atoms with van der Waals surface area (Å²) in [5, 5.41) is 16.3. The van der Waals surface area contributed by atoms with E-state index < -0.39 is 29.7 Å². The fourth-order valence-electron chi connectivity index (χ4n) is 3.05. The quantitative estimate of drug-likeness (QED) is 0.381. The lowest BCUT2D eigenvalue weighted by molar-refractivity contribution is 0.187. The number of nitrogens with zero attached hydrogens (tertiary/aromatic N) is 2. The fraction of sp³-hybridized carbons (Fsp3) is 0.263. The maximum Gasteiger partial charge on any atom is 0.161 e. The third kappa shape index (κ3) is 3.91. The molecule has 0 saturated carbocycles. The zero-order valence-electron chi connectivity index (χ0n) is 15.3. The van der Waals surface area contributed by atoms with Crippen molar-refractivity contribution in [3.63, 3.8) is 0 Å². The molecule has 3 aromatic rings. The van der Waals surface area contributed by atoms with Crippen LogP contribution in [-0.2, 0) is 0 Å². The maximum atomic E-state index is 14.3. The van der Waals surface area contributed by atoms with Crippen LogP contribution in [0.15, 0.2) is 30.3 Å². The van der Waals surface area contributed by atoms with E-state index in [4.69, 9.17) is 5.73 Å². The Kier molecular flexibility index (Phi) is 5.78. The van der Waals surface area contributed by atoms with Gasteiger partial charge in [-0.15, -0.1) is 0 Å². The van der Waals surface area contributed by atoms with Crippen molar-refractivity contribution in [2.75, 3.05) is 18.9 Å². The molecular formula is C19H20F3N5O. The van der Waals surface area contributed by atoms with Crippen molar-refractivity contribution >= 4 is 16.7 Å². The fourth-order valence-corrected chi connectivity index (χ4v) is 3.05. The van der Waals surface area contributed by atoms with E-state index in [-0.39, 0.29) is 12.1 Å². The second kappa shape index (κ2) is 8.09. The molecule has 5 N–H and O–H groups in total. The molecule has 0 aliphatic heterocycles. The summed E-state index contributed by atoms with van der Waals surface area (Å²) in [6, 6.07) is 5.64. The smallest absolute Gasteiger partial charge is 0.161 e. The lowest BCUT2D eigenvalue weighted by atomic mass is 10.0. The summed E-state index contributed by atoms with van der Waals surface area (Å²) in [4.78, 5) is 8.69. The predicted octanol–water partition coefficient (Wildman–Crippen LogP) is 2.68. The molecule has 2 unspecified atom stereocenters. The number of halogens is 3. The average molecular weight is 391 g/mol. The van der Waals surface area contributed by atoms with E-state index in [1.54, 1.807) is 32.2 Å². The van der Waals surface area contributed by atoms with Gasteiger partial charge in [0.2, 0.25) is 0 Å². The Morgan fingerprint density at radius 1 is 1.07 bits per heavy atom.